The first kappa shape index (κ1) is 20.8. The molecule has 0 radical (unpaired) electrons. The summed E-state index contributed by atoms with van der Waals surface area (Å²) in [6.45, 7) is 9.62. The largest absolute Gasteiger partial charge is 0.454 e. The number of fused-ring (bicyclic) bond motifs is 7. The summed E-state index contributed by atoms with van der Waals surface area (Å²) < 4.78 is 11.2. The second kappa shape index (κ2) is 6.80. The van der Waals surface area contributed by atoms with Crippen LogP contribution >= 0.6 is 0 Å². The molecule has 9 nitrogen and oxygen atoms in total. The van der Waals surface area contributed by atoms with Gasteiger partial charge in [0.15, 0.2) is 11.5 Å². The van der Waals surface area contributed by atoms with Crippen LogP contribution in [0.2, 0.25) is 0 Å². The number of anilines is 1. The lowest BCUT2D eigenvalue weighted by Crippen LogP contribution is -2.57. The molecule has 4 heterocycles. The molecule has 35 heavy (non-hydrogen) atoms. The quantitative estimate of drug-likeness (QED) is 0.562. The van der Waals surface area contributed by atoms with Crippen LogP contribution in [-0.4, -0.2) is 63.7 Å². The van der Waals surface area contributed by atoms with Crippen molar-refractivity contribution in [1.82, 2.24) is 24.8 Å². The van der Waals surface area contributed by atoms with Gasteiger partial charge < -0.3 is 19.3 Å². The van der Waals surface area contributed by atoms with E-state index in [0.717, 1.165) is 35.3 Å². The van der Waals surface area contributed by atoms with Gasteiger partial charge in [0.1, 0.15) is 0 Å². The van der Waals surface area contributed by atoms with E-state index in [1.54, 1.807) is 12.4 Å². The summed E-state index contributed by atoms with van der Waals surface area (Å²) in [4.78, 5) is 37.6. The maximum Gasteiger partial charge on any atom is 0.235 e. The van der Waals surface area contributed by atoms with Gasteiger partial charge in [0, 0.05) is 56.1 Å². The SMILES string of the molecule is CC12CCC(C(=O)N3CCN(c4ncccn4)CC3)(c3nc4cc5c(cc4nc31)OCO5)C2(C)C. The average molecular weight is 473 g/mol. The third kappa shape index (κ3) is 2.50. The van der Waals surface area contributed by atoms with Crippen LogP contribution in [0, 0.1) is 5.41 Å². The summed E-state index contributed by atoms with van der Waals surface area (Å²) in [6.07, 6.45) is 5.22. The van der Waals surface area contributed by atoms with Gasteiger partial charge in [-0.3, -0.25) is 4.79 Å². The Hall–Kier alpha value is -3.49. The van der Waals surface area contributed by atoms with Crippen molar-refractivity contribution in [3.63, 3.8) is 0 Å². The molecule has 180 valence electrons. The van der Waals surface area contributed by atoms with E-state index in [2.05, 4.69) is 35.6 Å². The number of amides is 1. The Labute approximate surface area is 203 Å². The number of piperazine rings is 1. The zero-order chi connectivity index (χ0) is 24.0. The minimum atomic E-state index is -0.694. The topological polar surface area (TPSA) is 93.6 Å². The Bertz CT molecular complexity index is 1370. The van der Waals surface area contributed by atoms with Gasteiger partial charge in [0.2, 0.25) is 18.6 Å². The van der Waals surface area contributed by atoms with Gasteiger partial charge in [-0.15, -0.1) is 0 Å². The zero-order valence-corrected chi connectivity index (χ0v) is 20.2. The molecule has 7 rings (SSSR count). The van der Waals surface area contributed by atoms with E-state index >= 15 is 0 Å². The fourth-order valence-electron chi connectivity index (χ4n) is 6.80. The van der Waals surface area contributed by atoms with Gasteiger partial charge in [-0.25, -0.2) is 19.9 Å². The molecule has 1 saturated carbocycles. The highest BCUT2D eigenvalue weighted by molar-refractivity contribution is 5.93. The molecular formula is C26H28N6O3. The summed E-state index contributed by atoms with van der Waals surface area (Å²) in [7, 11) is 0. The van der Waals surface area contributed by atoms with Crippen molar-refractivity contribution in [2.24, 2.45) is 5.41 Å². The second-order valence-electron chi connectivity index (χ2n) is 10.8. The zero-order valence-electron chi connectivity index (χ0n) is 20.2. The summed E-state index contributed by atoms with van der Waals surface area (Å²) in [5.74, 6) is 2.27. The summed E-state index contributed by atoms with van der Waals surface area (Å²) in [5, 5.41) is 0. The molecule has 2 atom stereocenters. The average Bonchev–Trinajstić information content (AvgIpc) is 3.46. The highest BCUT2D eigenvalue weighted by atomic mass is 16.7. The van der Waals surface area contributed by atoms with Crippen LogP contribution in [0.25, 0.3) is 11.0 Å². The van der Waals surface area contributed by atoms with Crippen molar-refractivity contribution in [2.75, 3.05) is 37.9 Å². The maximum absolute atomic E-state index is 14.4. The molecule has 2 fully saturated rings. The van der Waals surface area contributed by atoms with E-state index in [1.807, 2.05) is 23.1 Å². The highest BCUT2D eigenvalue weighted by Gasteiger charge is 2.73. The van der Waals surface area contributed by atoms with Crippen molar-refractivity contribution >= 4 is 22.9 Å². The van der Waals surface area contributed by atoms with E-state index < -0.39 is 5.41 Å². The van der Waals surface area contributed by atoms with Crippen LogP contribution in [0.15, 0.2) is 30.6 Å². The van der Waals surface area contributed by atoms with Crippen molar-refractivity contribution in [3.05, 3.63) is 42.0 Å². The van der Waals surface area contributed by atoms with Gasteiger partial charge in [0.25, 0.3) is 0 Å². The number of carbonyl (C=O) groups is 1. The normalized spacial score (nSPS) is 28.0. The van der Waals surface area contributed by atoms with Crippen molar-refractivity contribution in [3.8, 4) is 11.5 Å². The van der Waals surface area contributed by atoms with Gasteiger partial charge >= 0.3 is 0 Å². The monoisotopic (exact) mass is 472 g/mol. The van der Waals surface area contributed by atoms with Crippen molar-refractivity contribution in [2.45, 2.75) is 44.4 Å². The van der Waals surface area contributed by atoms with Gasteiger partial charge in [-0.1, -0.05) is 20.8 Å². The molecule has 0 N–H and O–H groups in total. The number of hydrogen-bond donors (Lipinski definition) is 0. The second-order valence-corrected chi connectivity index (χ2v) is 10.8. The summed E-state index contributed by atoms with van der Waals surface area (Å²) in [6, 6.07) is 5.62. The van der Waals surface area contributed by atoms with Crippen molar-refractivity contribution in [1.29, 1.82) is 0 Å². The Morgan fingerprint density at radius 2 is 1.51 bits per heavy atom. The Balaban J connectivity index is 1.28. The number of rotatable bonds is 2. The number of carbonyl (C=O) groups excluding carboxylic acids is 1. The maximum atomic E-state index is 14.4. The molecule has 2 aromatic heterocycles. The number of benzene rings is 1. The standard InChI is InChI=1S/C26H28N6O3/c1-24(2)25(3)5-6-26(24,22(33)31-9-11-32(12-10-31)23-27-7-4-8-28-23)21-20(25)29-16-13-18-19(35-15-34-18)14-17(16)30-21/h4,7-8,13-14H,5-6,9-12,15H2,1-3H3. The molecular weight excluding hydrogens is 444 g/mol. The smallest absolute Gasteiger partial charge is 0.235 e. The molecule has 2 bridgehead atoms. The lowest BCUT2D eigenvalue weighted by atomic mass is 9.63. The summed E-state index contributed by atoms with van der Waals surface area (Å²) in [5.41, 5.74) is 2.11. The van der Waals surface area contributed by atoms with Gasteiger partial charge in [-0.05, 0) is 24.3 Å². The summed E-state index contributed by atoms with van der Waals surface area (Å²) >= 11 is 0. The van der Waals surface area contributed by atoms with Crippen LogP contribution in [0.1, 0.15) is 45.0 Å². The first-order valence-corrected chi connectivity index (χ1v) is 12.3. The van der Waals surface area contributed by atoms with Crippen LogP contribution in [0.5, 0.6) is 11.5 Å². The number of aromatic nitrogens is 4. The molecule has 4 aliphatic rings. The predicted octanol–water partition coefficient (Wildman–Crippen LogP) is 2.83. The lowest BCUT2D eigenvalue weighted by Gasteiger charge is -2.44. The third-order valence-electron chi connectivity index (χ3n) is 9.30. The van der Waals surface area contributed by atoms with E-state index in [0.29, 0.717) is 43.6 Å². The molecule has 1 aromatic carbocycles. The van der Waals surface area contributed by atoms with Crippen LogP contribution in [0.3, 0.4) is 0 Å². The van der Waals surface area contributed by atoms with E-state index in [1.165, 1.54) is 0 Å². The van der Waals surface area contributed by atoms with E-state index in [4.69, 9.17) is 19.4 Å². The molecule has 9 heteroatoms. The third-order valence-corrected chi connectivity index (χ3v) is 9.30. The Morgan fingerprint density at radius 1 is 0.886 bits per heavy atom. The molecule has 3 aromatic rings. The molecule has 2 unspecified atom stereocenters. The van der Waals surface area contributed by atoms with Gasteiger partial charge in [0.05, 0.1) is 27.8 Å². The number of nitrogens with zero attached hydrogens (tertiary/aromatic N) is 6. The van der Waals surface area contributed by atoms with Crippen molar-refractivity contribution < 1.29 is 14.3 Å². The van der Waals surface area contributed by atoms with E-state index in [-0.39, 0.29) is 23.5 Å². The number of ether oxygens (including phenoxy) is 2. The van der Waals surface area contributed by atoms with Crippen LogP contribution in [-0.2, 0) is 15.6 Å². The van der Waals surface area contributed by atoms with Crippen LogP contribution < -0.4 is 14.4 Å². The van der Waals surface area contributed by atoms with Crippen LogP contribution in [0.4, 0.5) is 5.95 Å². The first-order chi connectivity index (χ1) is 16.8. The Morgan fingerprint density at radius 3 is 2.17 bits per heavy atom. The number of hydrogen-bond acceptors (Lipinski definition) is 8. The first-order valence-electron chi connectivity index (χ1n) is 12.3. The molecule has 0 spiro atoms. The molecule has 1 amide bonds. The van der Waals surface area contributed by atoms with Gasteiger partial charge in [-0.2, -0.15) is 0 Å². The fraction of sp³-hybridized carbons (Fsp3) is 0.500. The fourth-order valence-corrected chi connectivity index (χ4v) is 6.80. The highest BCUT2D eigenvalue weighted by Crippen LogP contribution is 2.70. The molecule has 2 aliphatic heterocycles. The predicted molar refractivity (Wildman–Crippen MR) is 129 cm³/mol. The lowest BCUT2D eigenvalue weighted by molar-refractivity contribution is -0.141. The molecule has 1 saturated heterocycles. The minimum Gasteiger partial charge on any atom is -0.454 e. The Kier molecular flexibility index (Phi) is 4.05. The van der Waals surface area contributed by atoms with E-state index in [9.17, 15) is 4.79 Å². The molecule has 2 aliphatic carbocycles. The minimum absolute atomic E-state index is 0.174.